The lowest BCUT2D eigenvalue weighted by Gasteiger charge is -2.06. The number of oxime groups is 1. The average Bonchev–Trinajstić information content (AvgIpc) is 2.14. The summed E-state index contributed by atoms with van der Waals surface area (Å²) >= 11 is 0. The first-order valence-electron chi connectivity index (χ1n) is 3.71. The second-order valence-corrected chi connectivity index (χ2v) is 3.89. The predicted molar refractivity (Wildman–Crippen MR) is 50.2 cm³/mol. The first-order chi connectivity index (χ1) is 6.52. The molecule has 0 aliphatic carbocycles. The Morgan fingerprint density at radius 2 is 2.21 bits per heavy atom. The van der Waals surface area contributed by atoms with E-state index in [4.69, 9.17) is 10.9 Å². The van der Waals surface area contributed by atoms with Crippen LogP contribution in [-0.4, -0.2) is 46.3 Å². The van der Waals surface area contributed by atoms with E-state index in [1.807, 2.05) is 0 Å². The molecule has 0 radical (unpaired) electrons. The van der Waals surface area contributed by atoms with Crippen molar-refractivity contribution >= 4 is 16.0 Å². The molecular formula is C5H14N4O4S. The highest BCUT2D eigenvalue weighted by Crippen LogP contribution is 1.76. The van der Waals surface area contributed by atoms with Gasteiger partial charge in [-0.1, -0.05) is 5.16 Å². The third-order valence-electron chi connectivity index (χ3n) is 1.17. The lowest BCUT2D eigenvalue weighted by Crippen LogP contribution is -2.42. The molecule has 84 valence electrons. The topological polar surface area (TPSA) is 126 Å². The van der Waals surface area contributed by atoms with E-state index in [-0.39, 0.29) is 25.5 Å². The SMILES string of the molecule is COCCNS(=O)(=O)NCC(N)=NO. The minimum Gasteiger partial charge on any atom is -0.409 e. The van der Waals surface area contributed by atoms with Crippen molar-refractivity contribution in [3.63, 3.8) is 0 Å². The molecule has 9 heteroatoms. The summed E-state index contributed by atoms with van der Waals surface area (Å²) in [6, 6.07) is 0. The summed E-state index contributed by atoms with van der Waals surface area (Å²) in [4.78, 5) is 0. The van der Waals surface area contributed by atoms with Gasteiger partial charge in [0, 0.05) is 13.7 Å². The van der Waals surface area contributed by atoms with E-state index in [1.165, 1.54) is 7.11 Å². The lowest BCUT2D eigenvalue weighted by molar-refractivity contribution is 0.204. The van der Waals surface area contributed by atoms with Gasteiger partial charge in [0.15, 0.2) is 5.84 Å². The van der Waals surface area contributed by atoms with Crippen molar-refractivity contribution in [1.82, 2.24) is 9.44 Å². The van der Waals surface area contributed by atoms with Crippen LogP contribution in [0.4, 0.5) is 0 Å². The number of rotatable bonds is 7. The van der Waals surface area contributed by atoms with Gasteiger partial charge in [0.25, 0.3) is 10.2 Å². The fourth-order valence-corrected chi connectivity index (χ4v) is 1.33. The Hall–Kier alpha value is -0.900. The monoisotopic (exact) mass is 226 g/mol. The third kappa shape index (κ3) is 6.60. The molecule has 0 spiro atoms. The molecule has 0 atom stereocenters. The van der Waals surface area contributed by atoms with Gasteiger partial charge in [-0.25, -0.2) is 0 Å². The van der Waals surface area contributed by atoms with Gasteiger partial charge in [-0.2, -0.15) is 17.9 Å². The van der Waals surface area contributed by atoms with Gasteiger partial charge in [0.2, 0.25) is 0 Å². The molecule has 0 aliphatic heterocycles. The van der Waals surface area contributed by atoms with E-state index in [0.29, 0.717) is 0 Å². The van der Waals surface area contributed by atoms with E-state index in [2.05, 4.69) is 19.3 Å². The van der Waals surface area contributed by atoms with Gasteiger partial charge >= 0.3 is 0 Å². The number of nitrogens with two attached hydrogens (primary N) is 1. The fraction of sp³-hybridized carbons (Fsp3) is 0.800. The normalized spacial score (nSPS) is 13.1. The Balaban J connectivity index is 3.84. The summed E-state index contributed by atoms with van der Waals surface area (Å²) in [5.74, 6) is -0.220. The van der Waals surface area contributed by atoms with Crippen LogP contribution in [0, 0.1) is 0 Å². The first kappa shape index (κ1) is 13.1. The standard InChI is InChI=1S/C5H14N4O4S/c1-13-3-2-7-14(11,12)8-4-5(6)9-10/h7-8,10H,2-4H2,1H3,(H2,6,9). The highest BCUT2D eigenvalue weighted by molar-refractivity contribution is 7.87. The number of hydrogen-bond donors (Lipinski definition) is 4. The predicted octanol–water partition coefficient (Wildman–Crippen LogP) is -2.20. The zero-order valence-corrected chi connectivity index (χ0v) is 8.54. The molecule has 0 saturated heterocycles. The molecular weight excluding hydrogens is 212 g/mol. The maximum absolute atomic E-state index is 11.1. The summed E-state index contributed by atoms with van der Waals surface area (Å²) in [5, 5.41) is 10.7. The fourth-order valence-electron chi connectivity index (χ4n) is 0.533. The van der Waals surface area contributed by atoms with E-state index in [0.717, 1.165) is 0 Å². The van der Waals surface area contributed by atoms with Crippen molar-refractivity contribution in [3.8, 4) is 0 Å². The van der Waals surface area contributed by atoms with E-state index < -0.39 is 10.2 Å². The van der Waals surface area contributed by atoms with E-state index in [9.17, 15) is 8.42 Å². The number of nitrogens with one attached hydrogen (secondary N) is 2. The van der Waals surface area contributed by atoms with Gasteiger partial charge in [-0.15, -0.1) is 0 Å². The molecule has 0 aliphatic rings. The number of ether oxygens (including phenoxy) is 1. The Bertz CT molecular complexity index is 275. The quantitative estimate of drug-likeness (QED) is 0.129. The van der Waals surface area contributed by atoms with E-state index in [1.54, 1.807) is 0 Å². The number of hydrogen-bond acceptors (Lipinski definition) is 5. The molecule has 0 unspecified atom stereocenters. The van der Waals surface area contributed by atoms with Crippen molar-refractivity contribution in [2.45, 2.75) is 0 Å². The summed E-state index contributed by atoms with van der Waals surface area (Å²) in [7, 11) is -2.15. The Morgan fingerprint density at radius 3 is 2.71 bits per heavy atom. The van der Waals surface area contributed by atoms with Crippen LogP contribution in [0.3, 0.4) is 0 Å². The molecule has 0 aromatic carbocycles. The molecule has 0 amide bonds. The van der Waals surface area contributed by atoms with Crippen molar-refractivity contribution in [2.75, 3.05) is 26.8 Å². The minimum absolute atomic E-state index is 0.155. The smallest absolute Gasteiger partial charge is 0.277 e. The Morgan fingerprint density at radius 1 is 1.57 bits per heavy atom. The van der Waals surface area contributed by atoms with Crippen molar-refractivity contribution in [2.24, 2.45) is 10.9 Å². The average molecular weight is 226 g/mol. The largest absolute Gasteiger partial charge is 0.409 e. The maximum Gasteiger partial charge on any atom is 0.277 e. The summed E-state index contributed by atoms with van der Waals surface area (Å²) < 4.78 is 31.0. The van der Waals surface area contributed by atoms with Crippen LogP contribution >= 0.6 is 0 Å². The van der Waals surface area contributed by atoms with Crippen LogP contribution in [0.15, 0.2) is 5.16 Å². The molecule has 0 rings (SSSR count). The third-order valence-corrected chi connectivity index (χ3v) is 2.28. The van der Waals surface area contributed by atoms with Crippen LogP contribution in [0.5, 0.6) is 0 Å². The Labute approximate surface area is 82.3 Å². The molecule has 5 N–H and O–H groups in total. The molecule has 8 nitrogen and oxygen atoms in total. The number of nitrogens with zero attached hydrogens (tertiary/aromatic N) is 1. The maximum atomic E-state index is 11.1. The number of amidine groups is 1. The first-order valence-corrected chi connectivity index (χ1v) is 5.19. The van der Waals surface area contributed by atoms with Crippen LogP contribution in [0.1, 0.15) is 0 Å². The number of methoxy groups -OCH3 is 1. The lowest BCUT2D eigenvalue weighted by atomic mass is 10.6. The highest BCUT2D eigenvalue weighted by Gasteiger charge is 2.08. The van der Waals surface area contributed by atoms with Gasteiger partial charge < -0.3 is 15.7 Å². The molecule has 0 aromatic rings. The highest BCUT2D eigenvalue weighted by atomic mass is 32.2. The molecule has 0 bridgehead atoms. The van der Waals surface area contributed by atoms with E-state index >= 15 is 0 Å². The van der Waals surface area contributed by atoms with Crippen LogP contribution in [-0.2, 0) is 14.9 Å². The molecule has 14 heavy (non-hydrogen) atoms. The second kappa shape index (κ2) is 6.54. The van der Waals surface area contributed by atoms with Crippen molar-refractivity contribution in [1.29, 1.82) is 0 Å². The molecule has 0 fully saturated rings. The summed E-state index contributed by atoms with van der Waals surface area (Å²) in [6.45, 7) is 0.172. The minimum atomic E-state index is -3.61. The molecule has 0 saturated carbocycles. The zero-order chi connectivity index (χ0) is 11.0. The second-order valence-electron chi connectivity index (χ2n) is 2.30. The molecule has 0 aromatic heterocycles. The van der Waals surface area contributed by atoms with Gasteiger partial charge in [-0.3, -0.25) is 0 Å². The van der Waals surface area contributed by atoms with Gasteiger partial charge in [0.1, 0.15) is 0 Å². The van der Waals surface area contributed by atoms with Crippen LogP contribution < -0.4 is 15.2 Å². The molecule has 0 heterocycles. The van der Waals surface area contributed by atoms with Gasteiger partial charge in [-0.05, 0) is 0 Å². The summed E-state index contributed by atoms with van der Waals surface area (Å²) in [5.41, 5.74) is 5.06. The van der Waals surface area contributed by atoms with Crippen LogP contribution in [0.2, 0.25) is 0 Å². The zero-order valence-electron chi connectivity index (χ0n) is 7.73. The van der Waals surface area contributed by atoms with Crippen molar-refractivity contribution in [3.05, 3.63) is 0 Å². The van der Waals surface area contributed by atoms with Crippen molar-refractivity contribution < 1.29 is 18.4 Å². The van der Waals surface area contributed by atoms with Gasteiger partial charge in [0.05, 0.1) is 13.2 Å². The summed E-state index contributed by atoms with van der Waals surface area (Å²) in [6.07, 6.45) is 0. The Kier molecular flexibility index (Phi) is 6.12. The van der Waals surface area contributed by atoms with Crippen LogP contribution in [0.25, 0.3) is 0 Å².